The van der Waals surface area contributed by atoms with Crippen LogP contribution in [-0.2, 0) is 0 Å². The number of nitrogens with one attached hydrogen (secondary N) is 1. The van der Waals surface area contributed by atoms with Gasteiger partial charge in [0.25, 0.3) is 5.91 Å². The van der Waals surface area contributed by atoms with Gasteiger partial charge in [0, 0.05) is 6.04 Å². The van der Waals surface area contributed by atoms with E-state index in [0.717, 1.165) is 12.8 Å². The van der Waals surface area contributed by atoms with E-state index in [1.807, 2.05) is 0 Å². The van der Waals surface area contributed by atoms with Crippen molar-refractivity contribution in [2.24, 2.45) is 5.41 Å². The molecule has 1 amide bonds. The molecular formula is C11H14BrNO2. The van der Waals surface area contributed by atoms with Gasteiger partial charge in [-0.25, -0.2) is 0 Å². The second-order valence-corrected chi connectivity index (χ2v) is 5.12. The highest BCUT2D eigenvalue weighted by molar-refractivity contribution is 9.10. The van der Waals surface area contributed by atoms with Crippen molar-refractivity contribution in [1.82, 2.24) is 5.32 Å². The zero-order chi connectivity index (χ0) is 11.1. The Morgan fingerprint density at radius 1 is 1.73 bits per heavy atom. The molecule has 3 nitrogen and oxygen atoms in total. The number of hydrogen-bond acceptors (Lipinski definition) is 2. The van der Waals surface area contributed by atoms with Crippen LogP contribution in [0.1, 0.15) is 37.2 Å². The van der Waals surface area contributed by atoms with Crippen LogP contribution < -0.4 is 5.32 Å². The molecule has 2 atom stereocenters. The largest absolute Gasteiger partial charge is 0.444 e. The van der Waals surface area contributed by atoms with Crippen molar-refractivity contribution in [3.63, 3.8) is 0 Å². The van der Waals surface area contributed by atoms with Gasteiger partial charge in [0.2, 0.25) is 0 Å². The first-order valence-corrected chi connectivity index (χ1v) is 5.90. The molecule has 1 fully saturated rings. The van der Waals surface area contributed by atoms with Crippen LogP contribution in [0.3, 0.4) is 0 Å². The summed E-state index contributed by atoms with van der Waals surface area (Å²) in [6, 6.07) is 3.70. The number of amides is 1. The Kier molecular flexibility index (Phi) is 2.63. The summed E-state index contributed by atoms with van der Waals surface area (Å²) in [7, 11) is 0. The molecule has 0 bridgehead atoms. The van der Waals surface area contributed by atoms with E-state index >= 15 is 0 Å². The van der Waals surface area contributed by atoms with Gasteiger partial charge < -0.3 is 9.73 Å². The Morgan fingerprint density at radius 3 is 2.93 bits per heavy atom. The van der Waals surface area contributed by atoms with E-state index in [1.165, 1.54) is 0 Å². The first kappa shape index (κ1) is 10.7. The monoisotopic (exact) mass is 271 g/mol. The molecule has 0 radical (unpaired) electrons. The third kappa shape index (κ3) is 2.09. The SMILES string of the molecule is CCC1(C)CC1NC(=O)c1ccc(Br)o1. The van der Waals surface area contributed by atoms with Crippen molar-refractivity contribution >= 4 is 21.8 Å². The summed E-state index contributed by atoms with van der Waals surface area (Å²) in [5.41, 5.74) is 0.291. The summed E-state index contributed by atoms with van der Waals surface area (Å²) in [4.78, 5) is 11.7. The average molecular weight is 272 g/mol. The number of hydrogen-bond donors (Lipinski definition) is 1. The molecule has 0 saturated heterocycles. The zero-order valence-electron chi connectivity index (χ0n) is 8.84. The van der Waals surface area contributed by atoms with Crippen LogP contribution in [0.25, 0.3) is 0 Å². The molecule has 1 aromatic rings. The van der Waals surface area contributed by atoms with Gasteiger partial charge in [-0.05, 0) is 46.3 Å². The molecule has 2 rings (SSSR count). The number of carbonyl (C=O) groups is 1. The standard InChI is InChI=1S/C11H14BrNO2/c1-3-11(2)6-8(11)13-10(14)7-4-5-9(12)15-7/h4-5,8H,3,6H2,1-2H3,(H,13,14). The van der Waals surface area contributed by atoms with Crippen molar-refractivity contribution < 1.29 is 9.21 Å². The van der Waals surface area contributed by atoms with Crippen LogP contribution in [-0.4, -0.2) is 11.9 Å². The fourth-order valence-electron chi connectivity index (χ4n) is 1.69. The average Bonchev–Trinajstić information content (AvgIpc) is 2.64. The molecule has 0 aliphatic heterocycles. The summed E-state index contributed by atoms with van der Waals surface area (Å²) in [5.74, 6) is 0.245. The van der Waals surface area contributed by atoms with Crippen molar-refractivity contribution in [3.05, 3.63) is 22.6 Å². The normalized spacial score (nSPS) is 28.9. The van der Waals surface area contributed by atoms with E-state index in [9.17, 15) is 4.79 Å². The third-order valence-electron chi connectivity index (χ3n) is 3.26. The van der Waals surface area contributed by atoms with E-state index in [1.54, 1.807) is 12.1 Å². The molecule has 1 saturated carbocycles. The van der Waals surface area contributed by atoms with Crippen LogP contribution in [0.4, 0.5) is 0 Å². The summed E-state index contributed by atoms with van der Waals surface area (Å²) < 4.78 is 5.77. The summed E-state index contributed by atoms with van der Waals surface area (Å²) in [5, 5.41) is 2.97. The number of furan rings is 1. The molecule has 1 aliphatic rings. The molecular weight excluding hydrogens is 258 g/mol. The second-order valence-electron chi connectivity index (χ2n) is 4.34. The smallest absolute Gasteiger partial charge is 0.287 e. The van der Waals surface area contributed by atoms with Gasteiger partial charge in [0.05, 0.1) is 0 Å². The Labute approximate surface area is 97.4 Å². The van der Waals surface area contributed by atoms with Gasteiger partial charge in [0.1, 0.15) is 0 Å². The van der Waals surface area contributed by atoms with E-state index in [4.69, 9.17) is 4.42 Å². The Balaban J connectivity index is 1.95. The highest BCUT2D eigenvalue weighted by atomic mass is 79.9. The second kappa shape index (κ2) is 3.67. The number of rotatable bonds is 3. The van der Waals surface area contributed by atoms with E-state index < -0.39 is 0 Å². The minimum atomic E-state index is -0.122. The Bertz CT molecular complexity index is 388. The van der Waals surface area contributed by atoms with Gasteiger partial charge in [-0.3, -0.25) is 4.79 Å². The fourth-order valence-corrected chi connectivity index (χ4v) is 2.00. The number of halogens is 1. The lowest BCUT2D eigenvalue weighted by atomic mass is 10.1. The maximum Gasteiger partial charge on any atom is 0.287 e. The molecule has 82 valence electrons. The van der Waals surface area contributed by atoms with Crippen LogP contribution >= 0.6 is 15.9 Å². The van der Waals surface area contributed by atoms with E-state index in [0.29, 0.717) is 21.9 Å². The molecule has 15 heavy (non-hydrogen) atoms. The van der Waals surface area contributed by atoms with Crippen molar-refractivity contribution in [1.29, 1.82) is 0 Å². The Morgan fingerprint density at radius 2 is 2.47 bits per heavy atom. The molecule has 1 heterocycles. The Hall–Kier alpha value is -0.770. The first-order chi connectivity index (χ1) is 7.05. The first-order valence-electron chi connectivity index (χ1n) is 5.11. The molecule has 2 unspecified atom stereocenters. The lowest BCUT2D eigenvalue weighted by molar-refractivity contribution is 0.0916. The van der Waals surface area contributed by atoms with Crippen molar-refractivity contribution in [3.8, 4) is 0 Å². The molecule has 1 aliphatic carbocycles. The van der Waals surface area contributed by atoms with Gasteiger partial charge in [-0.1, -0.05) is 13.8 Å². The summed E-state index contributed by atoms with van der Waals surface area (Å²) in [6.45, 7) is 4.34. The van der Waals surface area contributed by atoms with Gasteiger partial charge >= 0.3 is 0 Å². The van der Waals surface area contributed by atoms with E-state index in [2.05, 4.69) is 35.1 Å². The third-order valence-corrected chi connectivity index (χ3v) is 3.69. The van der Waals surface area contributed by atoms with E-state index in [-0.39, 0.29) is 5.91 Å². The quantitative estimate of drug-likeness (QED) is 0.919. The molecule has 0 spiro atoms. The maximum atomic E-state index is 11.7. The molecule has 1 aromatic heterocycles. The molecule has 4 heteroatoms. The number of carbonyl (C=O) groups excluding carboxylic acids is 1. The minimum absolute atomic E-state index is 0.122. The van der Waals surface area contributed by atoms with Gasteiger partial charge in [-0.15, -0.1) is 0 Å². The van der Waals surface area contributed by atoms with Crippen LogP contribution in [0.5, 0.6) is 0 Å². The summed E-state index contributed by atoms with van der Waals surface area (Å²) >= 11 is 3.17. The minimum Gasteiger partial charge on any atom is -0.444 e. The highest BCUT2D eigenvalue weighted by Gasteiger charge is 2.49. The topological polar surface area (TPSA) is 42.2 Å². The molecule has 1 N–H and O–H groups in total. The van der Waals surface area contributed by atoms with Crippen molar-refractivity contribution in [2.45, 2.75) is 32.7 Å². The zero-order valence-corrected chi connectivity index (χ0v) is 10.4. The van der Waals surface area contributed by atoms with Crippen LogP contribution in [0.15, 0.2) is 21.2 Å². The maximum absolute atomic E-state index is 11.7. The lowest BCUT2D eigenvalue weighted by Crippen LogP contribution is -2.28. The van der Waals surface area contributed by atoms with Crippen molar-refractivity contribution in [2.75, 3.05) is 0 Å². The van der Waals surface area contributed by atoms with Crippen LogP contribution in [0.2, 0.25) is 0 Å². The van der Waals surface area contributed by atoms with Gasteiger partial charge in [0.15, 0.2) is 10.4 Å². The predicted octanol–water partition coefficient (Wildman–Crippen LogP) is 2.96. The fraction of sp³-hybridized carbons (Fsp3) is 0.545. The molecule has 0 aromatic carbocycles. The lowest BCUT2D eigenvalue weighted by Gasteiger charge is -2.07. The van der Waals surface area contributed by atoms with Gasteiger partial charge in [-0.2, -0.15) is 0 Å². The predicted molar refractivity (Wildman–Crippen MR) is 60.7 cm³/mol. The highest BCUT2D eigenvalue weighted by Crippen LogP contribution is 2.48. The summed E-state index contributed by atoms with van der Waals surface area (Å²) in [6.07, 6.45) is 2.16. The van der Waals surface area contributed by atoms with Crippen LogP contribution in [0, 0.1) is 5.41 Å².